The lowest BCUT2D eigenvalue weighted by Crippen LogP contribution is -2.36. The molecule has 3 aromatic carbocycles. The van der Waals surface area contributed by atoms with Crippen LogP contribution >= 0.6 is 7.14 Å². The molecule has 2 aliphatic heterocycles. The predicted octanol–water partition coefficient (Wildman–Crippen LogP) is 5.62. The van der Waals surface area contributed by atoms with Crippen molar-refractivity contribution in [3.05, 3.63) is 114 Å². The molecule has 31 heavy (non-hydrogen) atoms. The second-order valence-corrected chi connectivity index (χ2v) is 11.5. The third kappa shape index (κ3) is 2.53. The lowest BCUT2D eigenvalue weighted by molar-refractivity contribution is -0.149. The van der Waals surface area contributed by atoms with E-state index in [1.54, 1.807) is 0 Å². The fraction of sp³-hybridized carbons (Fsp3) is 0.222. The van der Waals surface area contributed by atoms with Gasteiger partial charge in [0.05, 0.1) is 22.8 Å². The zero-order valence-electron chi connectivity index (χ0n) is 17.5. The number of ether oxygens (including phenoxy) is 1. The molecular weight excluding hydrogens is 403 g/mol. The van der Waals surface area contributed by atoms with Crippen LogP contribution in [0.3, 0.4) is 0 Å². The van der Waals surface area contributed by atoms with Crippen molar-refractivity contribution in [1.29, 1.82) is 0 Å². The fourth-order valence-corrected chi connectivity index (χ4v) is 10.5. The highest BCUT2D eigenvalue weighted by Gasteiger charge is 2.74. The van der Waals surface area contributed by atoms with E-state index in [0.717, 1.165) is 16.4 Å². The molecular formula is C27H25O3P. The summed E-state index contributed by atoms with van der Waals surface area (Å²) in [6, 6.07) is 29.6. The van der Waals surface area contributed by atoms with Crippen LogP contribution in [0.2, 0.25) is 0 Å². The van der Waals surface area contributed by atoms with Crippen molar-refractivity contribution in [3.8, 4) is 0 Å². The average molecular weight is 428 g/mol. The molecule has 3 nitrogen and oxygen atoms in total. The predicted molar refractivity (Wildman–Crippen MR) is 124 cm³/mol. The molecule has 0 aliphatic carbocycles. The largest absolute Gasteiger partial charge is 0.466 e. The molecule has 0 amide bonds. The summed E-state index contributed by atoms with van der Waals surface area (Å²) >= 11 is 0. The number of benzene rings is 3. The number of hydrogen-bond donors (Lipinski definition) is 0. The summed E-state index contributed by atoms with van der Waals surface area (Å²) in [7, 11) is -3.24. The maximum Gasteiger partial charge on any atom is 0.310 e. The van der Waals surface area contributed by atoms with Crippen LogP contribution < -0.4 is 5.30 Å². The summed E-state index contributed by atoms with van der Waals surface area (Å²) < 4.78 is 21.2. The van der Waals surface area contributed by atoms with Gasteiger partial charge in [-0.2, -0.15) is 0 Å². The van der Waals surface area contributed by atoms with E-state index in [9.17, 15) is 4.79 Å². The number of carbonyl (C=O) groups excluding carboxylic acids is 1. The molecule has 5 rings (SSSR count). The molecule has 4 heteroatoms. The summed E-state index contributed by atoms with van der Waals surface area (Å²) in [6.07, 6.45) is 4.63. The number of allylic oxidation sites excluding steroid dienone is 2. The van der Waals surface area contributed by atoms with E-state index < -0.39 is 23.4 Å². The molecule has 1 fully saturated rings. The zero-order valence-corrected chi connectivity index (χ0v) is 18.4. The molecule has 0 aromatic heterocycles. The smallest absolute Gasteiger partial charge is 0.310 e. The van der Waals surface area contributed by atoms with Gasteiger partial charge >= 0.3 is 5.97 Å². The van der Waals surface area contributed by atoms with Crippen LogP contribution in [-0.4, -0.2) is 12.6 Å². The van der Waals surface area contributed by atoms with Crippen molar-refractivity contribution in [2.24, 2.45) is 5.92 Å². The lowest BCUT2D eigenvalue weighted by Gasteiger charge is -2.38. The van der Waals surface area contributed by atoms with E-state index in [1.165, 1.54) is 0 Å². The monoisotopic (exact) mass is 428 g/mol. The fourth-order valence-electron chi connectivity index (χ4n) is 5.70. The van der Waals surface area contributed by atoms with Gasteiger partial charge in [-0.05, 0) is 24.5 Å². The van der Waals surface area contributed by atoms with E-state index in [2.05, 4.69) is 6.08 Å². The third-order valence-corrected chi connectivity index (χ3v) is 11.4. The van der Waals surface area contributed by atoms with Crippen LogP contribution in [0.5, 0.6) is 0 Å². The van der Waals surface area contributed by atoms with Crippen LogP contribution in [0.1, 0.15) is 24.5 Å². The Balaban J connectivity index is 1.86. The van der Waals surface area contributed by atoms with Gasteiger partial charge in [0.25, 0.3) is 0 Å². The van der Waals surface area contributed by atoms with Crippen LogP contribution in [0.25, 0.3) is 0 Å². The van der Waals surface area contributed by atoms with Crippen LogP contribution in [0, 0.1) is 5.92 Å². The summed E-state index contributed by atoms with van der Waals surface area (Å²) in [6.45, 7) is 2.12. The minimum absolute atomic E-state index is 0.273. The van der Waals surface area contributed by atoms with E-state index >= 15 is 4.57 Å². The summed E-state index contributed by atoms with van der Waals surface area (Å²) in [4.78, 5) is 13.3. The van der Waals surface area contributed by atoms with Gasteiger partial charge < -0.3 is 9.30 Å². The maximum atomic E-state index is 15.6. The minimum Gasteiger partial charge on any atom is -0.466 e. The molecule has 0 saturated carbocycles. The molecule has 1 saturated heterocycles. The summed E-state index contributed by atoms with van der Waals surface area (Å²) in [5, 5.41) is -0.875. The van der Waals surface area contributed by atoms with Crippen molar-refractivity contribution in [1.82, 2.24) is 0 Å². The van der Waals surface area contributed by atoms with Crippen molar-refractivity contribution in [3.63, 3.8) is 0 Å². The Bertz CT molecular complexity index is 1170. The number of esters is 1. The third-order valence-electron chi connectivity index (χ3n) is 6.94. The highest BCUT2D eigenvalue weighted by atomic mass is 31.2. The van der Waals surface area contributed by atoms with Gasteiger partial charge in [0.1, 0.15) is 7.14 Å². The second-order valence-electron chi connectivity index (χ2n) is 8.27. The first-order valence-corrected chi connectivity index (χ1v) is 12.4. The molecule has 2 bridgehead atoms. The topological polar surface area (TPSA) is 43.4 Å². The number of carbonyl (C=O) groups is 1. The standard InChI is InChI=1S/C27H25O3P/c1-2-30-25(28)24-20-26(21-12-6-3-7-13-21)18-19-27(24,22-14-8-4-9-15-22)31(26,29)23-16-10-5-11-17-23/h3-19,24H,2,20H2,1H3/t24-,26-,27-,31?/m1/s1. The van der Waals surface area contributed by atoms with Gasteiger partial charge in [0, 0.05) is 5.30 Å². The van der Waals surface area contributed by atoms with Gasteiger partial charge in [0.2, 0.25) is 0 Å². The van der Waals surface area contributed by atoms with Crippen molar-refractivity contribution in [2.75, 3.05) is 6.61 Å². The quantitative estimate of drug-likeness (QED) is 0.301. The highest BCUT2D eigenvalue weighted by molar-refractivity contribution is 7.74. The van der Waals surface area contributed by atoms with Crippen molar-refractivity contribution < 1.29 is 14.1 Å². The average Bonchev–Trinajstić information content (AvgIpc) is 3.24. The van der Waals surface area contributed by atoms with E-state index in [0.29, 0.717) is 13.0 Å². The molecule has 2 aliphatic rings. The molecule has 2 heterocycles. The SMILES string of the molecule is CCOC(=O)[C@H]1C[C@@]2(c3ccccc3)C=C[C@]1(c1ccccc1)P2(=O)c1ccccc1. The second kappa shape index (κ2) is 7.35. The Hall–Kier alpha value is -2.90. The Kier molecular flexibility index (Phi) is 4.75. The number of fused-ring (bicyclic) bond motifs is 2. The zero-order chi connectivity index (χ0) is 21.5. The van der Waals surface area contributed by atoms with Gasteiger partial charge in [-0.15, -0.1) is 0 Å². The van der Waals surface area contributed by atoms with Gasteiger partial charge in [-0.3, -0.25) is 4.79 Å². The van der Waals surface area contributed by atoms with E-state index in [1.807, 2.05) is 104 Å². The molecule has 3 aromatic rings. The van der Waals surface area contributed by atoms with Crippen molar-refractivity contribution >= 4 is 18.4 Å². The van der Waals surface area contributed by atoms with Gasteiger partial charge in [-0.25, -0.2) is 0 Å². The van der Waals surface area contributed by atoms with E-state index in [-0.39, 0.29) is 5.97 Å². The molecule has 0 radical (unpaired) electrons. The highest BCUT2D eigenvalue weighted by Crippen LogP contribution is 2.87. The van der Waals surface area contributed by atoms with Crippen LogP contribution in [0.15, 0.2) is 103 Å². The maximum absolute atomic E-state index is 15.6. The first kappa shape index (κ1) is 20.0. The first-order valence-electron chi connectivity index (χ1n) is 10.7. The Morgan fingerprint density at radius 3 is 2.00 bits per heavy atom. The van der Waals surface area contributed by atoms with Gasteiger partial charge in [-0.1, -0.05) is 103 Å². The normalized spacial score (nSPS) is 30.9. The Morgan fingerprint density at radius 1 is 0.871 bits per heavy atom. The molecule has 156 valence electrons. The minimum atomic E-state index is -3.24. The Morgan fingerprint density at radius 2 is 1.42 bits per heavy atom. The lowest BCUT2D eigenvalue weighted by atomic mass is 9.74. The number of rotatable bonds is 5. The van der Waals surface area contributed by atoms with Crippen LogP contribution in [0.4, 0.5) is 0 Å². The van der Waals surface area contributed by atoms with Gasteiger partial charge in [0.15, 0.2) is 0 Å². The summed E-state index contributed by atoms with van der Waals surface area (Å²) in [5.41, 5.74) is 1.90. The van der Waals surface area contributed by atoms with Crippen LogP contribution in [-0.2, 0) is 24.4 Å². The molecule has 0 N–H and O–H groups in total. The first-order chi connectivity index (χ1) is 15.1. The molecule has 1 unspecified atom stereocenters. The molecule has 4 atom stereocenters. The Labute approximate surface area is 183 Å². The molecule has 0 spiro atoms. The number of hydrogen-bond acceptors (Lipinski definition) is 3. The summed E-state index contributed by atoms with van der Waals surface area (Å²) in [5.74, 6) is -0.796. The van der Waals surface area contributed by atoms with Crippen molar-refractivity contribution in [2.45, 2.75) is 23.7 Å². The van der Waals surface area contributed by atoms with E-state index in [4.69, 9.17) is 4.74 Å².